The molecule has 4 fully saturated rings. The Morgan fingerprint density at radius 1 is 1.05 bits per heavy atom. The Labute approximate surface area is 344 Å². The van der Waals surface area contributed by atoms with E-state index >= 15 is 0 Å². The van der Waals surface area contributed by atoms with E-state index in [4.69, 9.17) is 10.1 Å². The molecule has 5 atom stereocenters. The van der Waals surface area contributed by atoms with Crippen LogP contribution in [0.1, 0.15) is 80.9 Å². The Bertz CT molecular complexity index is 2140. The van der Waals surface area contributed by atoms with Crippen LogP contribution in [0.25, 0.3) is 15.8 Å². The van der Waals surface area contributed by atoms with Gasteiger partial charge in [-0.25, -0.2) is 14.8 Å². The second-order valence-electron chi connectivity index (χ2n) is 17.6. The van der Waals surface area contributed by atoms with Crippen molar-refractivity contribution in [1.82, 2.24) is 30.8 Å². The maximum absolute atomic E-state index is 12.7. The Balaban J connectivity index is 1.04. The number of nitrogens with zero attached hydrogens (tertiary/aromatic N) is 5. The number of nitrogens with one attached hydrogen (secondary N) is 4. The molecule has 5 unspecified atom stereocenters. The van der Waals surface area contributed by atoms with E-state index in [1.807, 2.05) is 44.2 Å². The van der Waals surface area contributed by atoms with Gasteiger partial charge in [-0.2, -0.15) is 0 Å². The maximum atomic E-state index is 12.7. The number of allylic oxidation sites excluding steroid dienone is 2. The fourth-order valence-corrected chi connectivity index (χ4v) is 11.3. The number of ether oxygens (including phenoxy) is 1. The number of aliphatic hydroxyl groups is 2. The second-order valence-corrected chi connectivity index (χ2v) is 18.6. The number of benzene rings is 1. The molecule has 8 rings (SSSR count). The molecule has 14 nitrogen and oxygen atoms in total. The lowest BCUT2D eigenvalue weighted by Crippen LogP contribution is -2.53. The number of pyridine rings is 1. The van der Waals surface area contributed by atoms with E-state index in [-0.39, 0.29) is 41.3 Å². The normalized spacial score (nSPS) is 25.4. The third kappa shape index (κ3) is 8.88. The zero-order valence-corrected chi connectivity index (χ0v) is 35.0. The molecule has 3 heterocycles. The quantitative estimate of drug-likeness (QED) is 0.0422. The molecule has 310 valence electrons. The Morgan fingerprint density at radius 3 is 2.52 bits per heavy atom. The van der Waals surface area contributed by atoms with Crippen LogP contribution in [0.4, 0.5) is 22.6 Å². The van der Waals surface area contributed by atoms with Crippen molar-refractivity contribution >= 4 is 61.9 Å². The lowest BCUT2D eigenvalue weighted by molar-refractivity contribution is -0.163. The third-order valence-electron chi connectivity index (χ3n) is 12.5. The van der Waals surface area contributed by atoms with Gasteiger partial charge in [0.1, 0.15) is 5.82 Å². The molecule has 0 saturated heterocycles. The summed E-state index contributed by atoms with van der Waals surface area (Å²) >= 11 is 1.53. The summed E-state index contributed by atoms with van der Waals surface area (Å²) in [6.07, 6.45) is 7.73. The van der Waals surface area contributed by atoms with Crippen molar-refractivity contribution in [1.29, 1.82) is 5.41 Å². The molecule has 4 aromatic rings. The van der Waals surface area contributed by atoms with Crippen LogP contribution in [0.3, 0.4) is 0 Å². The number of thiazole rings is 1. The zero-order chi connectivity index (χ0) is 41.2. The van der Waals surface area contributed by atoms with Crippen LogP contribution in [0.15, 0.2) is 48.2 Å². The molecule has 0 spiro atoms. The molecular weight excluding hydrogens is 755 g/mol. The minimum absolute atomic E-state index is 0.0441. The van der Waals surface area contributed by atoms with Crippen LogP contribution in [0, 0.1) is 40.9 Å². The van der Waals surface area contributed by atoms with Gasteiger partial charge < -0.3 is 46.3 Å². The van der Waals surface area contributed by atoms with Crippen LogP contribution >= 0.6 is 11.3 Å². The van der Waals surface area contributed by atoms with Gasteiger partial charge in [0.25, 0.3) is 0 Å². The molecule has 0 amide bonds. The number of fused-ring (bicyclic) bond motifs is 2. The lowest BCUT2D eigenvalue weighted by atomic mass is 9.53. The monoisotopic (exact) mass is 811 g/mol. The minimum Gasteiger partial charge on any atom is -0.476 e. The van der Waals surface area contributed by atoms with Gasteiger partial charge in [0.05, 0.1) is 22.4 Å². The topological polar surface area (TPSA) is 202 Å². The van der Waals surface area contributed by atoms with Crippen molar-refractivity contribution in [3.05, 3.63) is 65.0 Å². The van der Waals surface area contributed by atoms with Crippen molar-refractivity contribution in [2.45, 2.75) is 71.8 Å². The molecule has 0 aliphatic heterocycles. The summed E-state index contributed by atoms with van der Waals surface area (Å²) in [4.78, 5) is 23.6. The van der Waals surface area contributed by atoms with Crippen LogP contribution in [0.2, 0.25) is 0 Å². The number of carboxylic acid groups (broad SMARTS) is 1. The van der Waals surface area contributed by atoms with Crippen LogP contribution in [-0.2, 0) is 4.74 Å². The molecule has 0 radical (unpaired) electrons. The van der Waals surface area contributed by atoms with Gasteiger partial charge in [-0.1, -0.05) is 37.3 Å². The molecule has 4 aliphatic carbocycles. The molecule has 4 saturated carbocycles. The number of aliphatic hydroxyl groups excluding tert-OH is 2. The van der Waals surface area contributed by atoms with Gasteiger partial charge in [0, 0.05) is 68.9 Å². The van der Waals surface area contributed by atoms with E-state index < -0.39 is 5.97 Å². The van der Waals surface area contributed by atoms with E-state index in [2.05, 4.69) is 50.0 Å². The number of hydrogen-bond donors (Lipinski definition) is 7. The maximum Gasteiger partial charge on any atom is 0.355 e. The Hall–Kier alpha value is -4.54. The predicted octanol–water partition coefficient (Wildman–Crippen LogP) is 6.54. The third-order valence-corrected chi connectivity index (χ3v) is 13.5. The van der Waals surface area contributed by atoms with Crippen LogP contribution in [0.5, 0.6) is 0 Å². The fraction of sp³-hybridized carbons (Fsp3) is 0.535. The van der Waals surface area contributed by atoms with E-state index in [0.29, 0.717) is 65.3 Å². The first-order chi connectivity index (χ1) is 27.7. The molecule has 4 aliphatic rings. The van der Waals surface area contributed by atoms with E-state index in [0.717, 1.165) is 60.1 Å². The number of carboxylic acids is 1. The number of rotatable bonds is 18. The van der Waals surface area contributed by atoms with Crippen LogP contribution in [-0.4, -0.2) is 99.8 Å². The molecule has 1 aromatic carbocycles. The summed E-state index contributed by atoms with van der Waals surface area (Å²) in [7, 11) is 1.77. The van der Waals surface area contributed by atoms with Gasteiger partial charge in [-0.3, -0.25) is 0 Å². The smallest absolute Gasteiger partial charge is 0.355 e. The summed E-state index contributed by atoms with van der Waals surface area (Å²) in [6, 6.07) is 13.2. The first-order valence-corrected chi connectivity index (χ1v) is 21.0. The highest BCUT2D eigenvalue weighted by molar-refractivity contribution is 7.22. The number of hydrogen-bond acceptors (Lipinski definition) is 14. The van der Waals surface area contributed by atoms with Gasteiger partial charge in [-0.15, -0.1) is 10.2 Å². The second kappa shape index (κ2) is 17.0. The fourth-order valence-electron chi connectivity index (χ4n) is 10.4. The van der Waals surface area contributed by atoms with Crippen molar-refractivity contribution in [2.75, 3.05) is 56.7 Å². The molecule has 3 aromatic heterocycles. The number of carbonyl (C=O) groups is 1. The summed E-state index contributed by atoms with van der Waals surface area (Å²) in [6.45, 7) is 11.1. The highest BCUT2D eigenvalue weighted by atomic mass is 32.1. The van der Waals surface area contributed by atoms with Crippen molar-refractivity contribution in [3.8, 4) is 0 Å². The van der Waals surface area contributed by atoms with Gasteiger partial charge in [0.15, 0.2) is 22.5 Å². The number of aryl methyl sites for hydroxylation is 1. The zero-order valence-electron chi connectivity index (χ0n) is 34.1. The summed E-state index contributed by atoms with van der Waals surface area (Å²) in [5, 5.41) is 57.4. The van der Waals surface area contributed by atoms with Crippen molar-refractivity contribution < 1.29 is 24.9 Å². The van der Waals surface area contributed by atoms with Gasteiger partial charge in [-0.05, 0) is 111 Å². The van der Waals surface area contributed by atoms with Gasteiger partial charge >= 0.3 is 5.97 Å². The summed E-state index contributed by atoms with van der Waals surface area (Å²) in [5.41, 5.74) is 3.35. The molecule has 4 bridgehead atoms. The average molecular weight is 812 g/mol. The Morgan fingerprint density at radius 2 is 1.81 bits per heavy atom. The molecule has 15 heteroatoms. The highest BCUT2D eigenvalue weighted by Gasteiger charge is 2.60. The average Bonchev–Trinajstić information content (AvgIpc) is 3.54. The van der Waals surface area contributed by atoms with Crippen LogP contribution < -0.4 is 20.9 Å². The largest absolute Gasteiger partial charge is 0.476 e. The highest BCUT2D eigenvalue weighted by Crippen LogP contribution is 2.66. The van der Waals surface area contributed by atoms with Crippen molar-refractivity contribution in [2.24, 2.45) is 28.6 Å². The predicted molar refractivity (Wildman–Crippen MR) is 228 cm³/mol. The minimum atomic E-state index is -1.19. The number of anilines is 4. The van der Waals surface area contributed by atoms with E-state index in [1.165, 1.54) is 24.0 Å². The first-order valence-electron chi connectivity index (χ1n) is 20.2. The van der Waals surface area contributed by atoms with E-state index in [9.17, 15) is 20.1 Å². The molecular formula is C43H57N9O5S. The standard InChI is InChI=1S/C43H57N9O5S/c1-26-14-36(50-51-38(26)49-40-47-33-8-6-7-9-34(33)58-40)52(5)35-11-10-31(37(48-35)39(55)56)32(18-44)27(2)46-20-30-16-42(4)23-41(3)15-29(30)17-43(24-41,25-42)57-13-12-45-19-28(21-53)22-54/h6-11,14,18,28-30,44-46,53-54H,12-13,15-17,19-25H2,1-5H3,(H,55,56)(H,47,49,51)/b32-27+,44-18?. The number of aromatic nitrogens is 4. The summed E-state index contributed by atoms with van der Waals surface area (Å²) in [5.74, 6) is 0.977. The molecule has 58 heavy (non-hydrogen) atoms. The number of para-hydroxylation sites is 1. The SMILES string of the molecule is C/C(NCC1CC2(C)CC3(C)CC1CC(OCCNCC(CO)CO)(C2)C3)=C(/C=N)c1ccc(N(C)c2cc(C)c(Nc3nc4ccccc4s3)nn2)nc1C(=O)O. The number of aromatic carboxylic acids is 1. The van der Waals surface area contributed by atoms with Gasteiger partial charge in [0.2, 0.25) is 0 Å². The van der Waals surface area contributed by atoms with E-state index in [1.54, 1.807) is 24.1 Å². The first kappa shape index (κ1) is 41.6. The Kier molecular flexibility index (Phi) is 12.2. The summed E-state index contributed by atoms with van der Waals surface area (Å²) < 4.78 is 7.87. The van der Waals surface area contributed by atoms with Crippen molar-refractivity contribution in [3.63, 3.8) is 0 Å². The molecule has 7 N–H and O–H groups in total. The lowest BCUT2D eigenvalue weighted by Gasteiger charge is -2.56.